The fourth-order valence-electron chi connectivity index (χ4n) is 2.41. The number of nitrogens with zero attached hydrogens (tertiary/aromatic N) is 2. The Balaban J connectivity index is 1.90. The molecule has 0 aliphatic carbocycles. The van der Waals surface area contributed by atoms with Crippen LogP contribution in [-0.4, -0.2) is 50.8 Å². The first-order chi connectivity index (χ1) is 10.6. The summed E-state index contributed by atoms with van der Waals surface area (Å²) in [5.41, 5.74) is 7.11. The largest absolute Gasteiger partial charge is 0.497 e. The van der Waals surface area contributed by atoms with E-state index in [1.54, 1.807) is 14.0 Å². The highest BCUT2D eigenvalue weighted by molar-refractivity contribution is 5.82. The lowest BCUT2D eigenvalue weighted by molar-refractivity contribution is -0.137. The summed E-state index contributed by atoms with van der Waals surface area (Å²) >= 11 is 0. The van der Waals surface area contributed by atoms with Crippen molar-refractivity contribution in [3.05, 3.63) is 36.2 Å². The van der Waals surface area contributed by atoms with Crippen LogP contribution < -0.4 is 15.4 Å². The molecule has 6 heteroatoms. The van der Waals surface area contributed by atoms with Gasteiger partial charge in [-0.25, -0.2) is 4.79 Å². The normalized spacial score (nSPS) is 15.6. The Kier molecular flexibility index (Phi) is 5.52. The molecule has 22 heavy (non-hydrogen) atoms. The third-order valence-corrected chi connectivity index (χ3v) is 3.63. The van der Waals surface area contributed by atoms with Gasteiger partial charge in [-0.15, -0.1) is 0 Å². The van der Waals surface area contributed by atoms with E-state index in [0.29, 0.717) is 12.4 Å². The number of anilines is 1. The first-order valence-corrected chi connectivity index (χ1v) is 7.42. The number of rotatable bonds is 5. The van der Waals surface area contributed by atoms with E-state index in [1.807, 2.05) is 29.2 Å². The molecule has 0 bridgehead atoms. The number of methoxy groups -OCH3 is 1. The van der Waals surface area contributed by atoms with Crippen molar-refractivity contribution in [1.29, 1.82) is 0 Å². The predicted octanol–water partition coefficient (Wildman–Crippen LogP) is 1.18. The molecule has 2 rings (SSSR count). The Bertz CT molecular complexity index is 520. The van der Waals surface area contributed by atoms with E-state index in [1.165, 1.54) is 6.08 Å². The summed E-state index contributed by atoms with van der Waals surface area (Å²) in [6.45, 7) is 5.37. The lowest BCUT2D eigenvalue weighted by atomic mass is 10.2. The van der Waals surface area contributed by atoms with Gasteiger partial charge >= 0.3 is 5.97 Å². The molecule has 1 aliphatic heterocycles. The van der Waals surface area contributed by atoms with Gasteiger partial charge in [0.2, 0.25) is 0 Å². The Morgan fingerprint density at radius 2 is 1.86 bits per heavy atom. The predicted molar refractivity (Wildman–Crippen MR) is 85.7 cm³/mol. The van der Waals surface area contributed by atoms with Gasteiger partial charge in [0.15, 0.2) is 0 Å². The lowest BCUT2D eigenvalue weighted by Gasteiger charge is -2.37. The minimum Gasteiger partial charge on any atom is -0.497 e. The van der Waals surface area contributed by atoms with Crippen LogP contribution in [0.2, 0.25) is 0 Å². The van der Waals surface area contributed by atoms with Crippen molar-refractivity contribution in [3.8, 4) is 5.75 Å². The van der Waals surface area contributed by atoms with Crippen LogP contribution in [0.5, 0.6) is 5.75 Å². The maximum atomic E-state index is 11.4. The van der Waals surface area contributed by atoms with Crippen LogP contribution in [-0.2, 0) is 9.53 Å². The van der Waals surface area contributed by atoms with Crippen molar-refractivity contribution in [2.45, 2.75) is 6.92 Å². The molecule has 2 N–H and O–H groups in total. The Morgan fingerprint density at radius 3 is 2.41 bits per heavy atom. The van der Waals surface area contributed by atoms with E-state index in [0.717, 1.165) is 37.6 Å². The molecule has 1 saturated heterocycles. The summed E-state index contributed by atoms with van der Waals surface area (Å²) < 4.78 is 10.0. The van der Waals surface area contributed by atoms with Crippen LogP contribution >= 0.6 is 0 Å². The topological polar surface area (TPSA) is 68.0 Å². The minimum atomic E-state index is -0.391. The van der Waals surface area contributed by atoms with Crippen LogP contribution in [0, 0.1) is 0 Å². The number of hydrogen-bond acceptors (Lipinski definition) is 6. The van der Waals surface area contributed by atoms with Crippen LogP contribution in [0.1, 0.15) is 6.92 Å². The summed E-state index contributed by atoms with van der Waals surface area (Å²) in [4.78, 5) is 15.7. The standard InChI is InChI=1S/C16H23N3O3/c1-3-22-16(20)12-15(17)19-10-8-18(9-11-19)13-4-6-14(21-2)7-5-13/h4-7,12H,3,8-11,17H2,1-2H3. The van der Waals surface area contributed by atoms with E-state index >= 15 is 0 Å². The quantitative estimate of drug-likeness (QED) is 0.651. The highest BCUT2D eigenvalue weighted by Gasteiger charge is 2.18. The second-order valence-corrected chi connectivity index (χ2v) is 4.99. The number of nitrogens with two attached hydrogens (primary N) is 1. The molecule has 1 heterocycles. The molecule has 1 fully saturated rings. The first kappa shape index (κ1) is 16.0. The molecule has 6 nitrogen and oxygen atoms in total. The molecule has 120 valence electrons. The van der Waals surface area contributed by atoms with E-state index in [-0.39, 0.29) is 0 Å². The molecule has 0 aromatic heterocycles. The van der Waals surface area contributed by atoms with Gasteiger partial charge in [0.05, 0.1) is 19.8 Å². The van der Waals surface area contributed by atoms with Gasteiger partial charge in [-0.2, -0.15) is 0 Å². The molecular formula is C16H23N3O3. The van der Waals surface area contributed by atoms with E-state index in [2.05, 4.69) is 4.90 Å². The van der Waals surface area contributed by atoms with Gasteiger partial charge in [-0.3, -0.25) is 0 Å². The summed E-state index contributed by atoms with van der Waals surface area (Å²) in [5.74, 6) is 0.925. The second kappa shape index (κ2) is 7.59. The van der Waals surface area contributed by atoms with Crippen molar-refractivity contribution >= 4 is 11.7 Å². The summed E-state index contributed by atoms with van der Waals surface area (Å²) in [7, 11) is 1.66. The van der Waals surface area contributed by atoms with E-state index in [9.17, 15) is 4.79 Å². The third-order valence-electron chi connectivity index (χ3n) is 3.63. The van der Waals surface area contributed by atoms with Crippen LogP contribution in [0.3, 0.4) is 0 Å². The Hall–Kier alpha value is -2.37. The smallest absolute Gasteiger partial charge is 0.334 e. The zero-order chi connectivity index (χ0) is 15.9. The van der Waals surface area contributed by atoms with E-state index in [4.69, 9.17) is 15.2 Å². The molecular weight excluding hydrogens is 282 g/mol. The van der Waals surface area contributed by atoms with Gasteiger partial charge in [-0.1, -0.05) is 0 Å². The highest BCUT2D eigenvalue weighted by atomic mass is 16.5. The summed E-state index contributed by atoms with van der Waals surface area (Å²) in [5, 5.41) is 0. The fourth-order valence-corrected chi connectivity index (χ4v) is 2.41. The molecule has 0 spiro atoms. The van der Waals surface area contributed by atoms with Gasteiger partial charge < -0.3 is 25.0 Å². The third kappa shape index (κ3) is 4.07. The lowest BCUT2D eigenvalue weighted by Crippen LogP contribution is -2.47. The average molecular weight is 305 g/mol. The van der Waals surface area contributed by atoms with Gasteiger partial charge in [-0.05, 0) is 31.2 Å². The molecule has 0 amide bonds. The molecule has 0 saturated carbocycles. The number of esters is 1. The number of hydrogen-bond donors (Lipinski definition) is 1. The number of carbonyl (C=O) groups is 1. The highest BCUT2D eigenvalue weighted by Crippen LogP contribution is 2.20. The van der Waals surface area contributed by atoms with Crippen LogP contribution in [0.15, 0.2) is 36.2 Å². The summed E-state index contributed by atoms with van der Waals surface area (Å²) in [6, 6.07) is 8.01. The maximum absolute atomic E-state index is 11.4. The van der Waals surface area contributed by atoms with Gasteiger partial charge in [0, 0.05) is 31.9 Å². The van der Waals surface area contributed by atoms with Crippen molar-refractivity contribution in [3.63, 3.8) is 0 Å². The zero-order valence-electron chi connectivity index (χ0n) is 13.1. The van der Waals surface area contributed by atoms with E-state index < -0.39 is 5.97 Å². The number of piperazine rings is 1. The molecule has 1 aromatic carbocycles. The van der Waals surface area contributed by atoms with Crippen molar-refractivity contribution in [1.82, 2.24) is 4.90 Å². The number of carbonyl (C=O) groups excluding carboxylic acids is 1. The second-order valence-electron chi connectivity index (χ2n) is 4.99. The Labute approximate surface area is 131 Å². The van der Waals surface area contributed by atoms with Crippen molar-refractivity contribution in [2.75, 3.05) is 44.8 Å². The molecule has 0 atom stereocenters. The first-order valence-electron chi connectivity index (χ1n) is 7.42. The SMILES string of the molecule is CCOC(=O)C=C(N)N1CCN(c2ccc(OC)cc2)CC1. The van der Waals surface area contributed by atoms with Gasteiger partial charge in [0.1, 0.15) is 11.6 Å². The average Bonchev–Trinajstić information content (AvgIpc) is 2.55. The fraction of sp³-hybridized carbons (Fsp3) is 0.438. The van der Waals surface area contributed by atoms with Crippen LogP contribution in [0.4, 0.5) is 5.69 Å². The maximum Gasteiger partial charge on any atom is 0.334 e. The van der Waals surface area contributed by atoms with Crippen molar-refractivity contribution < 1.29 is 14.3 Å². The van der Waals surface area contributed by atoms with Crippen LogP contribution in [0.25, 0.3) is 0 Å². The van der Waals surface area contributed by atoms with Gasteiger partial charge in [0.25, 0.3) is 0 Å². The minimum absolute atomic E-state index is 0.355. The molecule has 1 aromatic rings. The molecule has 0 radical (unpaired) electrons. The van der Waals surface area contributed by atoms with Crippen molar-refractivity contribution in [2.24, 2.45) is 5.73 Å². The number of ether oxygens (including phenoxy) is 2. The Morgan fingerprint density at radius 1 is 1.23 bits per heavy atom. The molecule has 1 aliphatic rings. The zero-order valence-corrected chi connectivity index (χ0v) is 13.1. The number of benzene rings is 1. The molecule has 0 unspecified atom stereocenters. The summed E-state index contributed by atoms with van der Waals surface area (Å²) in [6.07, 6.45) is 1.35. The monoisotopic (exact) mass is 305 g/mol.